The molecule has 1 nitrogen and oxygen atoms in total. The number of nitrogens with zero attached hydrogens (tertiary/aromatic N) is 1. The second kappa shape index (κ2) is 13.0. The fourth-order valence-corrected chi connectivity index (χ4v) is 15.1. The van der Waals surface area contributed by atoms with Crippen LogP contribution in [0.2, 0.25) is 0 Å². The lowest BCUT2D eigenvalue weighted by atomic mass is 9.97. The summed E-state index contributed by atoms with van der Waals surface area (Å²) in [6.45, 7) is 0. The fourth-order valence-electron chi connectivity index (χ4n) is 10.3. The molecule has 0 aliphatic heterocycles. The van der Waals surface area contributed by atoms with E-state index >= 15 is 0 Å². The van der Waals surface area contributed by atoms with E-state index in [1.54, 1.807) is 0 Å². The van der Waals surface area contributed by atoms with Crippen LogP contribution in [0.25, 0.3) is 60.9 Å². The first-order valence-corrected chi connectivity index (χ1v) is 22.4. The minimum absolute atomic E-state index is 0.948. The van der Waals surface area contributed by atoms with Crippen LogP contribution in [0, 0.1) is 0 Å². The molecule has 0 saturated carbocycles. The van der Waals surface area contributed by atoms with Crippen LogP contribution >= 0.6 is 0 Å². The molecular formula is C56H39NSi. The van der Waals surface area contributed by atoms with Crippen LogP contribution < -0.4 is 20.7 Å². The van der Waals surface area contributed by atoms with Crippen LogP contribution in [-0.2, 0) is 12.8 Å². The second-order valence-corrected chi connectivity index (χ2v) is 19.8. The molecule has 0 bridgehead atoms. The van der Waals surface area contributed by atoms with Gasteiger partial charge in [0.1, 0.15) is 0 Å². The molecule has 58 heavy (non-hydrogen) atoms. The number of aromatic nitrogens is 1. The van der Waals surface area contributed by atoms with Crippen molar-refractivity contribution in [2.45, 2.75) is 12.8 Å². The molecule has 272 valence electrons. The van der Waals surface area contributed by atoms with Crippen molar-refractivity contribution >= 4 is 50.6 Å². The normalized spacial score (nSPS) is 12.7. The van der Waals surface area contributed by atoms with Gasteiger partial charge in [0.25, 0.3) is 0 Å². The van der Waals surface area contributed by atoms with Crippen LogP contribution in [0.1, 0.15) is 22.3 Å². The Morgan fingerprint density at radius 1 is 0.310 bits per heavy atom. The van der Waals surface area contributed by atoms with Crippen LogP contribution in [0.5, 0.6) is 0 Å². The van der Waals surface area contributed by atoms with Gasteiger partial charge in [0.15, 0.2) is 8.07 Å². The summed E-state index contributed by atoms with van der Waals surface area (Å²) in [6.07, 6.45) is 1.96. The van der Waals surface area contributed by atoms with Crippen molar-refractivity contribution in [3.05, 3.63) is 235 Å². The molecule has 1 aromatic heterocycles. The maximum Gasteiger partial charge on any atom is 0.179 e. The molecule has 0 radical (unpaired) electrons. The summed E-state index contributed by atoms with van der Waals surface area (Å²) in [7, 11) is -2.67. The van der Waals surface area contributed by atoms with Gasteiger partial charge in [-0.25, -0.2) is 0 Å². The molecule has 2 aliphatic rings. The van der Waals surface area contributed by atoms with Gasteiger partial charge in [0.2, 0.25) is 0 Å². The largest absolute Gasteiger partial charge is 0.309 e. The van der Waals surface area contributed by atoms with Gasteiger partial charge in [-0.15, -0.1) is 0 Å². The first-order chi connectivity index (χ1) is 28.7. The van der Waals surface area contributed by atoms with Crippen molar-refractivity contribution in [3.63, 3.8) is 0 Å². The lowest BCUT2D eigenvalue weighted by Gasteiger charge is -2.34. The van der Waals surface area contributed by atoms with Crippen LogP contribution in [0.4, 0.5) is 0 Å². The Labute approximate surface area is 340 Å². The van der Waals surface area contributed by atoms with Crippen molar-refractivity contribution < 1.29 is 0 Å². The minimum Gasteiger partial charge on any atom is -0.309 e. The molecule has 1 heterocycles. The van der Waals surface area contributed by atoms with Gasteiger partial charge in [0, 0.05) is 16.5 Å². The first-order valence-electron chi connectivity index (χ1n) is 20.4. The predicted octanol–water partition coefficient (Wildman–Crippen LogP) is 11.0. The van der Waals surface area contributed by atoms with E-state index < -0.39 is 8.07 Å². The molecule has 0 amide bonds. The fraction of sp³-hybridized carbons (Fsp3) is 0.0357. The zero-order chi connectivity index (χ0) is 38.2. The van der Waals surface area contributed by atoms with E-state index in [4.69, 9.17) is 0 Å². The van der Waals surface area contributed by atoms with Crippen LogP contribution in [0.3, 0.4) is 0 Å². The molecular weight excluding hydrogens is 715 g/mol. The maximum absolute atomic E-state index is 2.67. The zero-order valence-corrected chi connectivity index (χ0v) is 33.1. The number of para-hydroxylation sites is 1. The topological polar surface area (TPSA) is 4.93 Å². The Bertz CT molecular complexity index is 3120. The minimum atomic E-state index is -2.67. The van der Waals surface area contributed by atoms with Crippen molar-refractivity contribution in [2.24, 2.45) is 0 Å². The van der Waals surface area contributed by atoms with Crippen molar-refractivity contribution in [2.75, 3.05) is 0 Å². The van der Waals surface area contributed by atoms with Gasteiger partial charge >= 0.3 is 0 Å². The third kappa shape index (κ3) is 4.95. The molecule has 2 heteroatoms. The van der Waals surface area contributed by atoms with Gasteiger partial charge in [-0.05, 0) is 126 Å². The standard InChI is InChI=1S/C56H39NSi/c1-4-15-45(16-5-1)58(46-17-6-2-7-18-46,47-19-8-3-9-20-47)48-30-27-43-33-42-26-29-44(36-52(42)53(43)37-48)57-55-23-13-12-22-50(55)54-35-39(28-31-56(54)57)38-24-25-41-32-40-14-10-11-21-49(40)51(41)34-38/h1-31,34-37H,32-33H2. The van der Waals surface area contributed by atoms with Crippen molar-refractivity contribution in [1.29, 1.82) is 0 Å². The highest BCUT2D eigenvalue weighted by atomic mass is 28.3. The molecule has 0 spiro atoms. The summed E-state index contributed by atoms with van der Waals surface area (Å²) in [5, 5.41) is 8.16. The summed E-state index contributed by atoms with van der Waals surface area (Å²) in [5.41, 5.74) is 17.2. The smallest absolute Gasteiger partial charge is 0.179 e. The monoisotopic (exact) mass is 753 g/mol. The van der Waals surface area contributed by atoms with E-state index in [1.165, 1.54) is 104 Å². The summed E-state index contributed by atoms with van der Waals surface area (Å²) in [4.78, 5) is 0. The number of hydrogen-bond donors (Lipinski definition) is 0. The molecule has 9 aromatic carbocycles. The summed E-state index contributed by atoms with van der Waals surface area (Å²) in [5.74, 6) is 0. The number of fused-ring (bicyclic) bond motifs is 9. The van der Waals surface area contributed by atoms with E-state index in [-0.39, 0.29) is 0 Å². The number of rotatable bonds is 6. The Morgan fingerprint density at radius 3 is 1.52 bits per heavy atom. The van der Waals surface area contributed by atoms with Gasteiger partial charge in [-0.3, -0.25) is 0 Å². The van der Waals surface area contributed by atoms with E-state index in [9.17, 15) is 0 Å². The Morgan fingerprint density at radius 2 is 0.810 bits per heavy atom. The molecule has 2 aliphatic carbocycles. The number of hydrogen-bond acceptors (Lipinski definition) is 0. The highest BCUT2D eigenvalue weighted by molar-refractivity contribution is 7.19. The van der Waals surface area contributed by atoms with Gasteiger partial charge in [-0.1, -0.05) is 176 Å². The summed E-state index contributed by atoms with van der Waals surface area (Å²) >= 11 is 0. The lowest BCUT2D eigenvalue weighted by molar-refractivity contribution is 1.17. The van der Waals surface area contributed by atoms with Gasteiger partial charge < -0.3 is 4.57 Å². The van der Waals surface area contributed by atoms with E-state index in [2.05, 4.69) is 217 Å². The van der Waals surface area contributed by atoms with Crippen LogP contribution in [0.15, 0.2) is 212 Å². The Hall–Kier alpha value is -7.00. The maximum atomic E-state index is 2.55. The third-order valence-corrected chi connectivity index (χ3v) is 17.8. The Kier molecular flexibility index (Phi) is 7.45. The van der Waals surface area contributed by atoms with Crippen LogP contribution in [-0.4, -0.2) is 12.6 Å². The first kappa shape index (κ1) is 33.2. The highest BCUT2D eigenvalue weighted by Gasteiger charge is 2.42. The average molecular weight is 754 g/mol. The SMILES string of the molecule is c1ccc([Si](c2ccccc2)(c2ccccc2)c2ccc3c(c2)-c2cc(-n4c5ccccc5c5cc(-c6ccc7c(c6)-c6ccccc6C7)ccc54)ccc2C3)cc1. The van der Waals surface area contributed by atoms with Gasteiger partial charge in [0.05, 0.1) is 11.0 Å². The van der Waals surface area contributed by atoms with E-state index in [0.717, 1.165) is 12.8 Å². The van der Waals surface area contributed by atoms with Crippen molar-refractivity contribution in [3.8, 4) is 39.1 Å². The quantitative estimate of drug-likeness (QED) is 0.118. The van der Waals surface area contributed by atoms with E-state index in [1.807, 2.05) is 0 Å². The summed E-state index contributed by atoms with van der Waals surface area (Å²) < 4.78 is 2.48. The average Bonchev–Trinajstić information content (AvgIpc) is 3.96. The highest BCUT2D eigenvalue weighted by Crippen LogP contribution is 2.42. The van der Waals surface area contributed by atoms with E-state index in [0.29, 0.717) is 0 Å². The molecule has 0 atom stereocenters. The second-order valence-electron chi connectivity index (χ2n) is 16.0. The number of benzene rings is 9. The van der Waals surface area contributed by atoms with Crippen molar-refractivity contribution in [1.82, 2.24) is 4.57 Å². The lowest BCUT2D eigenvalue weighted by Crippen LogP contribution is -2.74. The molecule has 12 rings (SSSR count). The molecule has 10 aromatic rings. The zero-order valence-electron chi connectivity index (χ0n) is 32.1. The molecule has 0 fully saturated rings. The van der Waals surface area contributed by atoms with Gasteiger partial charge in [-0.2, -0.15) is 0 Å². The molecule has 0 N–H and O–H groups in total. The molecule has 0 saturated heterocycles. The molecule has 0 unspecified atom stereocenters. The third-order valence-electron chi connectivity index (χ3n) is 13.0. The predicted molar refractivity (Wildman–Crippen MR) is 246 cm³/mol. The summed E-state index contributed by atoms with van der Waals surface area (Å²) in [6, 6.07) is 80.2. The Balaban J connectivity index is 1.01.